The van der Waals surface area contributed by atoms with Gasteiger partial charge < -0.3 is 26.2 Å². The Morgan fingerprint density at radius 3 is 2.81 bits per heavy atom. The molecule has 0 aliphatic carbocycles. The lowest BCUT2D eigenvalue weighted by Gasteiger charge is -2.39. The summed E-state index contributed by atoms with van der Waals surface area (Å²) in [4.78, 5) is 8.28. The molecule has 0 bridgehead atoms. The molecule has 1 atom stereocenters. The number of anilines is 3. The van der Waals surface area contributed by atoms with Crippen LogP contribution in [-0.4, -0.2) is 35.7 Å². The summed E-state index contributed by atoms with van der Waals surface area (Å²) in [6.07, 6.45) is 4.22. The van der Waals surface area contributed by atoms with Crippen molar-refractivity contribution in [3.05, 3.63) is 90.2 Å². The summed E-state index contributed by atoms with van der Waals surface area (Å²) in [7, 11) is 0. The largest absolute Gasteiger partial charge is 0.378 e. The lowest BCUT2D eigenvalue weighted by molar-refractivity contribution is -0.0691. The topological polar surface area (TPSA) is 109 Å². The van der Waals surface area contributed by atoms with Gasteiger partial charge in [0.25, 0.3) is 0 Å². The van der Waals surface area contributed by atoms with Crippen LogP contribution in [0.4, 0.5) is 21.5 Å². The monoisotopic (exact) mass is 656 g/mol. The van der Waals surface area contributed by atoms with Crippen LogP contribution in [0.25, 0.3) is 10.9 Å². The van der Waals surface area contributed by atoms with E-state index in [1.807, 2.05) is 12.3 Å². The summed E-state index contributed by atoms with van der Waals surface area (Å²) in [6.45, 7) is 3.48. The zero-order valence-electron chi connectivity index (χ0n) is 22.4. The SMILES string of the molecule is N#Cc1cnc2c(Cl)cc(N[C@H](C3=CNNN3)c3csc4c3CCN(C3COC3)C4)cc2c1Nc1ccc(Cl)c(Cl)c1F. The van der Waals surface area contributed by atoms with Crippen LogP contribution < -0.4 is 27.0 Å². The Balaban J connectivity index is 1.27. The fourth-order valence-corrected chi connectivity index (χ4v) is 7.31. The van der Waals surface area contributed by atoms with Crippen LogP contribution in [0.2, 0.25) is 15.1 Å². The van der Waals surface area contributed by atoms with E-state index in [0.29, 0.717) is 33.3 Å². The number of pyridine rings is 1. The number of rotatable bonds is 7. The standard InChI is InChI=1S/C29H24Cl3FN8OS/c30-20-1-2-22(26(33)25(20)32)38-27-14(7-34)8-35-28-18(27)5-15(6-21(28)31)37-29(23-9-36-40-39-23)19-13-43-24-10-41(4-3-17(19)24)16-11-42-12-16/h1-2,5-6,8-9,13,16,29,36-37,39-40H,3-4,10-12H2,(H,35,38)/t29-/m0/s1. The molecule has 2 aromatic heterocycles. The van der Waals surface area contributed by atoms with Crippen LogP contribution in [-0.2, 0) is 17.7 Å². The first-order chi connectivity index (χ1) is 20.9. The summed E-state index contributed by atoms with van der Waals surface area (Å²) < 4.78 is 20.4. The molecule has 1 fully saturated rings. The van der Waals surface area contributed by atoms with Gasteiger partial charge in [-0.3, -0.25) is 9.88 Å². The van der Waals surface area contributed by atoms with E-state index in [9.17, 15) is 5.26 Å². The maximum absolute atomic E-state index is 15.0. The third kappa shape index (κ3) is 5.23. The zero-order valence-corrected chi connectivity index (χ0v) is 25.5. The molecule has 7 rings (SSSR count). The van der Waals surface area contributed by atoms with Gasteiger partial charge in [0.15, 0.2) is 5.82 Å². The molecule has 0 amide bonds. The molecule has 4 aromatic rings. The number of ether oxygens (including phenoxy) is 1. The van der Waals surface area contributed by atoms with Gasteiger partial charge in [-0.25, -0.2) is 4.39 Å². The Kier molecular flexibility index (Phi) is 7.69. The number of hydrogen-bond acceptors (Lipinski definition) is 10. The average molecular weight is 658 g/mol. The molecule has 0 radical (unpaired) electrons. The van der Waals surface area contributed by atoms with Gasteiger partial charge in [-0.1, -0.05) is 34.8 Å². The van der Waals surface area contributed by atoms with Crippen molar-refractivity contribution in [1.29, 1.82) is 5.26 Å². The van der Waals surface area contributed by atoms with Gasteiger partial charge in [-0.2, -0.15) is 10.8 Å². The van der Waals surface area contributed by atoms with E-state index < -0.39 is 5.82 Å². The highest BCUT2D eigenvalue weighted by molar-refractivity contribution is 7.10. The minimum absolute atomic E-state index is 0.0654. The van der Waals surface area contributed by atoms with Crippen molar-refractivity contribution < 1.29 is 9.13 Å². The minimum atomic E-state index is -0.728. The Morgan fingerprint density at radius 1 is 1.21 bits per heavy atom. The highest BCUT2D eigenvalue weighted by Crippen LogP contribution is 2.41. The van der Waals surface area contributed by atoms with Crippen molar-refractivity contribution in [3.63, 3.8) is 0 Å². The van der Waals surface area contributed by atoms with Gasteiger partial charge in [0.1, 0.15) is 6.07 Å². The predicted molar refractivity (Wildman–Crippen MR) is 168 cm³/mol. The van der Waals surface area contributed by atoms with E-state index in [1.54, 1.807) is 17.4 Å². The number of benzene rings is 2. The molecule has 1 saturated heterocycles. The van der Waals surface area contributed by atoms with Gasteiger partial charge in [0, 0.05) is 41.4 Å². The number of hydrazine groups is 2. The van der Waals surface area contributed by atoms with Crippen LogP contribution in [0.5, 0.6) is 0 Å². The quantitative estimate of drug-likeness (QED) is 0.145. The summed E-state index contributed by atoms with van der Waals surface area (Å²) >= 11 is 20.6. The lowest BCUT2D eigenvalue weighted by Crippen LogP contribution is -2.50. The molecule has 5 N–H and O–H groups in total. The van der Waals surface area contributed by atoms with Crippen molar-refractivity contribution in [1.82, 2.24) is 26.3 Å². The second-order valence-corrected chi connectivity index (χ2v) is 12.6. The summed E-state index contributed by atoms with van der Waals surface area (Å²) in [6, 6.07) is 8.99. The molecule has 0 spiro atoms. The highest BCUT2D eigenvalue weighted by atomic mass is 35.5. The smallest absolute Gasteiger partial charge is 0.166 e. The van der Waals surface area contributed by atoms with E-state index in [-0.39, 0.29) is 27.3 Å². The first-order valence-electron chi connectivity index (χ1n) is 13.5. The second kappa shape index (κ2) is 11.6. The molecule has 220 valence electrons. The number of fused-ring (bicyclic) bond motifs is 2. The number of halogens is 4. The lowest BCUT2D eigenvalue weighted by atomic mass is 9.95. The third-order valence-electron chi connectivity index (χ3n) is 7.93. The molecule has 9 nitrogen and oxygen atoms in total. The van der Waals surface area contributed by atoms with Gasteiger partial charge in [-0.05, 0) is 47.2 Å². The van der Waals surface area contributed by atoms with Crippen molar-refractivity contribution in [2.24, 2.45) is 0 Å². The number of aromatic nitrogens is 1. The first kappa shape index (κ1) is 28.4. The van der Waals surface area contributed by atoms with Crippen LogP contribution in [0.3, 0.4) is 0 Å². The number of nitriles is 1. The maximum atomic E-state index is 15.0. The molecule has 0 saturated carbocycles. The van der Waals surface area contributed by atoms with E-state index in [4.69, 9.17) is 39.5 Å². The fraction of sp³-hybridized carbons (Fsp3) is 0.241. The maximum Gasteiger partial charge on any atom is 0.166 e. The number of nitrogens with one attached hydrogen (secondary N) is 5. The second-order valence-electron chi connectivity index (χ2n) is 10.4. The Hall–Kier alpha value is -3.34. The van der Waals surface area contributed by atoms with E-state index in [2.05, 4.69) is 48.4 Å². The Bertz CT molecular complexity index is 1820. The molecular formula is C29H24Cl3FN8OS. The van der Waals surface area contributed by atoms with Crippen LogP contribution in [0.15, 0.2) is 47.7 Å². The van der Waals surface area contributed by atoms with Crippen molar-refractivity contribution >= 4 is 74.1 Å². The van der Waals surface area contributed by atoms with E-state index in [0.717, 1.165) is 38.4 Å². The van der Waals surface area contributed by atoms with Crippen molar-refractivity contribution in [2.45, 2.75) is 25.0 Å². The van der Waals surface area contributed by atoms with Crippen LogP contribution in [0, 0.1) is 17.1 Å². The predicted octanol–water partition coefficient (Wildman–Crippen LogP) is 6.37. The van der Waals surface area contributed by atoms with Crippen LogP contribution >= 0.6 is 46.1 Å². The van der Waals surface area contributed by atoms with Gasteiger partial charge in [-0.15, -0.1) is 11.3 Å². The summed E-state index contributed by atoms with van der Waals surface area (Å²) in [5.41, 5.74) is 14.3. The fourth-order valence-electron chi connectivity index (χ4n) is 5.58. The van der Waals surface area contributed by atoms with Crippen molar-refractivity contribution in [3.8, 4) is 6.07 Å². The van der Waals surface area contributed by atoms with Gasteiger partial charge in [0.2, 0.25) is 0 Å². The minimum Gasteiger partial charge on any atom is -0.378 e. The molecule has 0 unspecified atom stereocenters. The molecule has 43 heavy (non-hydrogen) atoms. The molecule has 2 aromatic carbocycles. The summed E-state index contributed by atoms with van der Waals surface area (Å²) in [5, 5.41) is 19.6. The number of nitrogens with zero attached hydrogens (tertiary/aromatic N) is 3. The number of hydrogen-bond donors (Lipinski definition) is 5. The van der Waals surface area contributed by atoms with Gasteiger partial charge >= 0.3 is 0 Å². The molecule has 3 aliphatic heterocycles. The van der Waals surface area contributed by atoms with E-state index in [1.165, 1.54) is 34.3 Å². The summed E-state index contributed by atoms with van der Waals surface area (Å²) in [5.74, 6) is -0.728. The molecule has 5 heterocycles. The normalized spacial score (nSPS) is 17.3. The Morgan fingerprint density at radius 2 is 2.07 bits per heavy atom. The first-order valence-corrected chi connectivity index (χ1v) is 15.5. The third-order valence-corrected chi connectivity index (χ3v) is 10.0. The molecule has 14 heteroatoms. The van der Waals surface area contributed by atoms with E-state index >= 15 is 4.39 Å². The van der Waals surface area contributed by atoms with Gasteiger partial charge in [0.05, 0.1) is 68.5 Å². The molecule has 3 aliphatic rings. The highest BCUT2D eigenvalue weighted by Gasteiger charge is 2.33. The molecular weight excluding hydrogens is 634 g/mol. The van der Waals surface area contributed by atoms with Crippen LogP contribution in [0.1, 0.15) is 27.6 Å². The Labute approximate surface area is 265 Å². The average Bonchev–Trinajstić information content (AvgIpc) is 3.66. The number of thiophene rings is 1. The van der Waals surface area contributed by atoms with Crippen molar-refractivity contribution in [2.75, 3.05) is 30.4 Å². The zero-order chi connectivity index (χ0) is 29.7.